The summed E-state index contributed by atoms with van der Waals surface area (Å²) in [7, 11) is 1.46. The van der Waals surface area contributed by atoms with Gasteiger partial charge < -0.3 is 24.4 Å². The lowest BCUT2D eigenvalue weighted by Gasteiger charge is -2.30. The number of morpholine rings is 1. The van der Waals surface area contributed by atoms with Crippen molar-refractivity contribution < 1.29 is 28.2 Å². The predicted molar refractivity (Wildman–Crippen MR) is 121 cm³/mol. The van der Waals surface area contributed by atoms with Crippen LogP contribution >= 0.6 is 0 Å². The van der Waals surface area contributed by atoms with E-state index >= 15 is 0 Å². The number of alkyl halides is 2. The number of fused-ring (bicyclic) bond motifs is 1. The minimum atomic E-state index is -2.88. The fraction of sp³-hybridized carbons (Fsp3) is 0.500. The number of aromatic nitrogens is 5. The van der Waals surface area contributed by atoms with Gasteiger partial charge >= 0.3 is 6.09 Å². The molecule has 2 aliphatic heterocycles. The number of anilines is 1. The van der Waals surface area contributed by atoms with Crippen LogP contribution in [0.4, 0.5) is 19.5 Å². The zero-order valence-corrected chi connectivity index (χ0v) is 19.1. The van der Waals surface area contributed by atoms with Gasteiger partial charge in [0.25, 0.3) is 6.43 Å². The van der Waals surface area contributed by atoms with Gasteiger partial charge in [0.05, 0.1) is 25.8 Å². The van der Waals surface area contributed by atoms with Crippen molar-refractivity contribution in [2.45, 2.75) is 25.2 Å². The Kier molecular flexibility index (Phi) is 6.32. The predicted octanol–water partition coefficient (Wildman–Crippen LogP) is 2.85. The smallest absolute Gasteiger partial charge is 0.407 e. The van der Waals surface area contributed by atoms with Crippen molar-refractivity contribution in [3.8, 4) is 11.7 Å². The number of rotatable bonds is 5. The quantitative estimate of drug-likeness (QED) is 0.577. The van der Waals surface area contributed by atoms with Gasteiger partial charge in [-0.3, -0.25) is 4.57 Å². The molecule has 5 rings (SSSR count). The van der Waals surface area contributed by atoms with Crippen LogP contribution in [0.5, 0.6) is 5.75 Å². The van der Waals surface area contributed by atoms with Crippen LogP contribution in [0.25, 0.3) is 17.0 Å². The Labute approximate surface area is 199 Å². The summed E-state index contributed by atoms with van der Waals surface area (Å²) in [6.45, 7) is 2.81. The summed E-state index contributed by atoms with van der Waals surface area (Å²) in [5.74, 6) is 0.613. The van der Waals surface area contributed by atoms with Crippen LogP contribution in [0.3, 0.4) is 0 Å². The molecule has 4 heterocycles. The molecule has 0 radical (unpaired) electrons. The van der Waals surface area contributed by atoms with Crippen molar-refractivity contribution in [2.24, 2.45) is 0 Å². The average molecular weight is 489 g/mol. The zero-order chi connectivity index (χ0) is 24.5. The lowest BCUT2D eigenvalue weighted by molar-refractivity contribution is 0.122. The molecular weight excluding hydrogens is 464 g/mol. The SMILES string of the molecule is COc1cccc2c1nc(C(F)F)n2-c1nc(C2CCN(C(=O)O)CC2)nc(N2CCOCC2)n1. The fourth-order valence-corrected chi connectivity index (χ4v) is 4.50. The van der Waals surface area contributed by atoms with Crippen LogP contribution < -0.4 is 9.64 Å². The Morgan fingerprint density at radius 3 is 2.46 bits per heavy atom. The van der Waals surface area contributed by atoms with E-state index in [9.17, 15) is 18.7 Å². The van der Waals surface area contributed by atoms with Gasteiger partial charge in [-0.05, 0) is 25.0 Å². The van der Waals surface area contributed by atoms with Gasteiger partial charge in [0, 0.05) is 32.1 Å². The minimum absolute atomic E-state index is 0.0446. The molecule has 2 fully saturated rings. The number of methoxy groups -OCH3 is 1. The second-order valence-corrected chi connectivity index (χ2v) is 8.37. The number of nitrogens with zero attached hydrogens (tertiary/aromatic N) is 7. The molecule has 0 unspecified atom stereocenters. The molecule has 2 aromatic heterocycles. The second-order valence-electron chi connectivity index (χ2n) is 8.37. The second kappa shape index (κ2) is 9.56. The molecule has 2 saturated heterocycles. The molecule has 11 nitrogen and oxygen atoms in total. The van der Waals surface area contributed by atoms with Crippen LogP contribution in [0, 0.1) is 0 Å². The number of para-hydroxylation sites is 1. The molecule has 0 spiro atoms. The van der Waals surface area contributed by atoms with E-state index in [1.165, 1.54) is 16.6 Å². The Morgan fingerprint density at radius 2 is 1.80 bits per heavy atom. The number of hydrogen-bond donors (Lipinski definition) is 1. The summed E-state index contributed by atoms with van der Waals surface area (Å²) in [4.78, 5) is 32.6. The van der Waals surface area contributed by atoms with Crippen LogP contribution in [0.15, 0.2) is 18.2 Å². The van der Waals surface area contributed by atoms with E-state index in [4.69, 9.17) is 9.47 Å². The first-order chi connectivity index (χ1) is 17.0. The summed E-state index contributed by atoms with van der Waals surface area (Å²) in [5.41, 5.74) is 0.681. The molecule has 13 heteroatoms. The van der Waals surface area contributed by atoms with Gasteiger partial charge in [0.15, 0.2) is 5.82 Å². The Bertz CT molecular complexity index is 1220. The van der Waals surface area contributed by atoms with E-state index in [0.717, 1.165) is 0 Å². The van der Waals surface area contributed by atoms with Crippen LogP contribution in [0.2, 0.25) is 0 Å². The van der Waals surface area contributed by atoms with Crippen LogP contribution in [-0.2, 0) is 4.74 Å². The van der Waals surface area contributed by atoms with Gasteiger partial charge in [0.2, 0.25) is 11.9 Å². The third-order valence-electron chi connectivity index (χ3n) is 6.34. The molecule has 1 N–H and O–H groups in total. The van der Waals surface area contributed by atoms with Crippen molar-refractivity contribution >= 4 is 23.1 Å². The molecule has 35 heavy (non-hydrogen) atoms. The van der Waals surface area contributed by atoms with Gasteiger partial charge in [-0.15, -0.1) is 0 Å². The average Bonchev–Trinajstić information content (AvgIpc) is 3.29. The number of imidazole rings is 1. The molecule has 186 valence electrons. The first kappa shape index (κ1) is 23.1. The van der Waals surface area contributed by atoms with Crippen LogP contribution in [-0.4, -0.2) is 87.1 Å². The maximum absolute atomic E-state index is 14.1. The highest BCUT2D eigenvalue weighted by atomic mass is 19.3. The Morgan fingerprint density at radius 1 is 1.09 bits per heavy atom. The molecule has 1 aromatic carbocycles. The van der Waals surface area contributed by atoms with E-state index in [1.54, 1.807) is 18.2 Å². The number of ether oxygens (including phenoxy) is 2. The Balaban J connectivity index is 1.63. The Hall–Kier alpha value is -3.61. The van der Waals surface area contributed by atoms with Gasteiger partial charge in [-0.2, -0.15) is 15.0 Å². The third kappa shape index (κ3) is 4.43. The lowest BCUT2D eigenvalue weighted by Crippen LogP contribution is -2.39. The number of piperidine rings is 1. The molecule has 3 aromatic rings. The summed E-state index contributed by atoms with van der Waals surface area (Å²) < 4.78 is 40.3. The van der Waals surface area contributed by atoms with E-state index < -0.39 is 18.3 Å². The topological polar surface area (TPSA) is 119 Å². The largest absolute Gasteiger partial charge is 0.494 e. The standard InChI is InChI=1S/C22H25F2N7O4/c1-34-15-4-2-3-14-16(15)25-19(17(23)24)31(14)21-27-18(13-5-7-30(8-6-13)22(32)33)26-20(28-21)29-9-11-35-12-10-29/h2-4,13,17H,5-12H2,1H3,(H,32,33). The molecule has 0 aliphatic carbocycles. The molecule has 0 saturated carbocycles. The first-order valence-corrected chi connectivity index (χ1v) is 11.4. The number of halogens is 2. The van der Waals surface area contributed by atoms with E-state index in [0.29, 0.717) is 75.3 Å². The first-order valence-electron chi connectivity index (χ1n) is 11.4. The zero-order valence-electron chi connectivity index (χ0n) is 19.1. The van der Waals surface area contributed by atoms with Crippen molar-refractivity contribution in [1.82, 2.24) is 29.4 Å². The molecule has 2 aliphatic rings. The van der Waals surface area contributed by atoms with Gasteiger partial charge in [-0.25, -0.2) is 18.6 Å². The number of benzene rings is 1. The number of hydrogen-bond acceptors (Lipinski definition) is 8. The maximum Gasteiger partial charge on any atom is 0.407 e. The van der Waals surface area contributed by atoms with Gasteiger partial charge in [0.1, 0.15) is 17.1 Å². The molecule has 0 bridgehead atoms. The monoisotopic (exact) mass is 489 g/mol. The summed E-state index contributed by atoms with van der Waals surface area (Å²) in [6, 6.07) is 5.02. The molecule has 0 atom stereocenters. The lowest BCUT2D eigenvalue weighted by atomic mass is 9.96. The maximum atomic E-state index is 14.1. The minimum Gasteiger partial charge on any atom is -0.494 e. The number of carbonyl (C=O) groups is 1. The third-order valence-corrected chi connectivity index (χ3v) is 6.34. The molecular formula is C22H25F2N7O4. The van der Waals surface area contributed by atoms with Crippen molar-refractivity contribution in [3.63, 3.8) is 0 Å². The molecule has 1 amide bonds. The van der Waals surface area contributed by atoms with E-state index in [-0.39, 0.29) is 17.4 Å². The van der Waals surface area contributed by atoms with E-state index in [1.807, 2.05) is 4.90 Å². The van der Waals surface area contributed by atoms with Gasteiger partial charge in [-0.1, -0.05) is 6.07 Å². The number of likely N-dealkylation sites (tertiary alicyclic amines) is 1. The summed E-state index contributed by atoms with van der Waals surface area (Å²) in [6.07, 6.45) is -2.79. The number of carboxylic acid groups (broad SMARTS) is 1. The number of amides is 1. The highest BCUT2D eigenvalue weighted by Gasteiger charge is 2.29. The van der Waals surface area contributed by atoms with Crippen LogP contribution in [0.1, 0.15) is 36.8 Å². The normalized spacial score (nSPS) is 17.4. The summed E-state index contributed by atoms with van der Waals surface area (Å²) in [5, 5.41) is 9.28. The van der Waals surface area contributed by atoms with Crippen molar-refractivity contribution in [2.75, 3.05) is 51.4 Å². The highest BCUT2D eigenvalue weighted by molar-refractivity contribution is 5.84. The fourth-order valence-electron chi connectivity index (χ4n) is 4.50. The van der Waals surface area contributed by atoms with E-state index in [2.05, 4.69) is 19.9 Å². The van der Waals surface area contributed by atoms with Crippen molar-refractivity contribution in [3.05, 3.63) is 29.8 Å². The highest BCUT2D eigenvalue weighted by Crippen LogP contribution is 2.33. The summed E-state index contributed by atoms with van der Waals surface area (Å²) >= 11 is 0. The van der Waals surface area contributed by atoms with Crippen molar-refractivity contribution in [1.29, 1.82) is 0 Å².